The lowest BCUT2D eigenvalue weighted by molar-refractivity contribution is 0.00578. The van der Waals surface area contributed by atoms with E-state index in [2.05, 4.69) is 155 Å². The van der Waals surface area contributed by atoms with Gasteiger partial charge in [0.25, 0.3) is 0 Å². The van der Waals surface area contributed by atoms with E-state index in [1.54, 1.807) is 0 Å². The Hall–Kier alpha value is -4.44. The smallest absolute Gasteiger partial charge is 0.399 e. The third-order valence-electron chi connectivity index (χ3n) is 10.7. The molecule has 6 aromatic carbocycles. The van der Waals surface area contributed by atoms with Gasteiger partial charge in [0, 0.05) is 0 Å². The third kappa shape index (κ3) is 3.24. The largest absolute Gasteiger partial charge is 0.494 e. The average molecular weight is 569 g/mol. The van der Waals surface area contributed by atoms with Crippen LogP contribution in [0.4, 0.5) is 0 Å². The molecule has 1 atom stereocenters. The van der Waals surface area contributed by atoms with Crippen LogP contribution in [-0.2, 0) is 14.7 Å². The van der Waals surface area contributed by atoms with Crippen molar-refractivity contribution in [3.8, 4) is 11.1 Å². The van der Waals surface area contributed by atoms with Crippen molar-refractivity contribution in [3.63, 3.8) is 0 Å². The molecular formula is C41H33BO2. The van der Waals surface area contributed by atoms with Crippen LogP contribution in [0.3, 0.4) is 0 Å². The molecule has 0 radical (unpaired) electrons. The van der Waals surface area contributed by atoms with Gasteiger partial charge in [-0.1, -0.05) is 127 Å². The van der Waals surface area contributed by atoms with Gasteiger partial charge >= 0.3 is 7.12 Å². The van der Waals surface area contributed by atoms with Gasteiger partial charge in [0.2, 0.25) is 0 Å². The van der Waals surface area contributed by atoms with Gasteiger partial charge in [-0.25, -0.2) is 0 Å². The molecule has 1 spiro atoms. The molecule has 9 rings (SSSR count). The first-order valence-corrected chi connectivity index (χ1v) is 15.6. The summed E-state index contributed by atoms with van der Waals surface area (Å²) in [5.74, 6) is 0. The lowest BCUT2D eigenvalue weighted by Crippen LogP contribution is -2.41. The van der Waals surface area contributed by atoms with Gasteiger partial charge in [-0.2, -0.15) is 0 Å². The van der Waals surface area contributed by atoms with Crippen LogP contribution in [-0.4, -0.2) is 18.3 Å². The Morgan fingerprint density at radius 3 is 1.77 bits per heavy atom. The van der Waals surface area contributed by atoms with Crippen molar-refractivity contribution in [2.45, 2.75) is 44.3 Å². The molecule has 0 aromatic heterocycles. The topological polar surface area (TPSA) is 18.5 Å². The minimum atomic E-state index is -0.551. The predicted octanol–water partition coefficient (Wildman–Crippen LogP) is 9.14. The zero-order chi connectivity index (χ0) is 29.8. The number of benzene rings is 6. The van der Waals surface area contributed by atoms with E-state index in [1.807, 2.05) is 0 Å². The second-order valence-corrected chi connectivity index (χ2v) is 13.5. The summed E-state index contributed by atoms with van der Waals surface area (Å²) in [6.07, 6.45) is 4.59. The Balaban J connectivity index is 1.47. The standard InChI is InChI=1S/C41H33BO2/c1-39(2)40(3,4)44-42(43-39)28-24-23-27-22-21-26-13-5-11-19-34(26)41(36(27)25-28)35-20-12-10-18-33(35)37-31-16-8-6-14-29(31)30-15-7-9-17-32(30)38(37)41/h5-25H,1-4H3. The van der Waals surface area contributed by atoms with Crippen molar-refractivity contribution in [3.05, 3.63) is 149 Å². The monoisotopic (exact) mass is 568 g/mol. The van der Waals surface area contributed by atoms with E-state index in [0.717, 1.165) is 5.46 Å². The van der Waals surface area contributed by atoms with E-state index >= 15 is 0 Å². The van der Waals surface area contributed by atoms with E-state index in [-0.39, 0.29) is 0 Å². The Bertz CT molecular complexity index is 2190. The SMILES string of the molecule is CC1(C)OB(c2ccc3c(c2)C2(c4ccccc4C=C3)c3ccccc3-c3c2c2ccccc2c2ccccc32)OC1(C)C. The summed E-state index contributed by atoms with van der Waals surface area (Å²) in [6, 6.07) is 42.8. The van der Waals surface area contributed by atoms with Crippen molar-refractivity contribution in [1.82, 2.24) is 0 Å². The second-order valence-electron chi connectivity index (χ2n) is 13.5. The first-order chi connectivity index (χ1) is 21.3. The van der Waals surface area contributed by atoms with E-state index in [1.165, 1.54) is 66.1 Å². The summed E-state index contributed by atoms with van der Waals surface area (Å²) in [5.41, 5.74) is 9.97. The van der Waals surface area contributed by atoms with Crippen LogP contribution in [0.25, 0.3) is 44.8 Å². The highest BCUT2D eigenvalue weighted by atomic mass is 16.7. The lowest BCUT2D eigenvalue weighted by Gasteiger charge is -2.36. The third-order valence-corrected chi connectivity index (χ3v) is 10.7. The van der Waals surface area contributed by atoms with Crippen molar-refractivity contribution in [2.75, 3.05) is 0 Å². The maximum absolute atomic E-state index is 6.62. The summed E-state index contributed by atoms with van der Waals surface area (Å²) >= 11 is 0. The first-order valence-electron chi connectivity index (χ1n) is 15.6. The molecule has 6 aromatic rings. The fourth-order valence-electron chi connectivity index (χ4n) is 8.01. The van der Waals surface area contributed by atoms with Crippen LogP contribution in [0.2, 0.25) is 0 Å². The van der Waals surface area contributed by atoms with E-state index in [9.17, 15) is 0 Å². The molecule has 0 bridgehead atoms. The molecule has 0 N–H and O–H groups in total. The molecule has 44 heavy (non-hydrogen) atoms. The van der Waals surface area contributed by atoms with Gasteiger partial charge in [0.15, 0.2) is 0 Å². The van der Waals surface area contributed by atoms with Gasteiger partial charge in [0.1, 0.15) is 0 Å². The van der Waals surface area contributed by atoms with E-state index in [0.29, 0.717) is 0 Å². The van der Waals surface area contributed by atoms with Gasteiger partial charge in [0.05, 0.1) is 16.6 Å². The van der Waals surface area contributed by atoms with E-state index in [4.69, 9.17) is 9.31 Å². The lowest BCUT2D eigenvalue weighted by atomic mass is 9.63. The molecule has 1 saturated heterocycles. The van der Waals surface area contributed by atoms with Crippen molar-refractivity contribution >= 4 is 46.3 Å². The molecule has 1 aliphatic heterocycles. The molecule has 0 saturated carbocycles. The molecular weight excluding hydrogens is 535 g/mol. The fraction of sp³-hybridized carbons (Fsp3) is 0.171. The molecule has 212 valence electrons. The second kappa shape index (κ2) is 8.82. The zero-order valence-corrected chi connectivity index (χ0v) is 25.5. The number of hydrogen-bond donors (Lipinski definition) is 0. The van der Waals surface area contributed by atoms with Gasteiger partial charge in [-0.3, -0.25) is 0 Å². The van der Waals surface area contributed by atoms with Crippen molar-refractivity contribution < 1.29 is 9.31 Å². The minimum absolute atomic E-state index is 0.420. The maximum Gasteiger partial charge on any atom is 0.494 e. The van der Waals surface area contributed by atoms with Crippen LogP contribution in [0, 0.1) is 0 Å². The van der Waals surface area contributed by atoms with E-state index < -0.39 is 23.7 Å². The predicted molar refractivity (Wildman–Crippen MR) is 183 cm³/mol. The van der Waals surface area contributed by atoms with Gasteiger partial charge in [-0.15, -0.1) is 0 Å². The normalized spacial score (nSPS) is 20.4. The van der Waals surface area contributed by atoms with Gasteiger partial charge < -0.3 is 9.31 Å². The summed E-state index contributed by atoms with van der Waals surface area (Å²) in [7, 11) is -0.450. The quantitative estimate of drug-likeness (QED) is 0.145. The van der Waals surface area contributed by atoms with Crippen LogP contribution < -0.4 is 5.46 Å². The first kappa shape index (κ1) is 26.0. The molecule has 1 fully saturated rings. The number of hydrogen-bond acceptors (Lipinski definition) is 2. The van der Waals surface area contributed by atoms with Crippen LogP contribution in [0.5, 0.6) is 0 Å². The number of fused-ring (bicyclic) bond motifs is 14. The van der Waals surface area contributed by atoms with Crippen LogP contribution >= 0.6 is 0 Å². The highest BCUT2D eigenvalue weighted by Crippen LogP contribution is 2.61. The summed E-state index contributed by atoms with van der Waals surface area (Å²) in [5, 5.41) is 5.16. The Kier molecular flexibility index (Phi) is 5.21. The number of rotatable bonds is 1. The Morgan fingerprint density at radius 2 is 1.05 bits per heavy atom. The fourth-order valence-corrected chi connectivity index (χ4v) is 8.01. The summed E-state index contributed by atoms with van der Waals surface area (Å²) in [6.45, 7) is 8.49. The van der Waals surface area contributed by atoms with Crippen LogP contribution in [0.15, 0.2) is 115 Å². The maximum atomic E-state index is 6.62. The minimum Gasteiger partial charge on any atom is -0.399 e. The molecule has 3 heteroatoms. The Morgan fingerprint density at radius 1 is 0.500 bits per heavy atom. The summed E-state index contributed by atoms with van der Waals surface area (Å²) in [4.78, 5) is 0. The van der Waals surface area contributed by atoms with Crippen molar-refractivity contribution in [1.29, 1.82) is 0 Å². The molecule has 1 heterocycles. The highest BCUT2D eigenvalue weighted by Gasteiger charge is 2.53. The average Bonchev–Trinajstić information content (AvgIpc) is 3.41. The summed E-state index contributed by atoms with van der Waals surface area (Å²) < 4.78 is 13.2. The van der Waals surface area contributed by atoms with Crippen LogP contribution in [0.1, 0.15) is 61.1 Å². The highest BCUT2D eigenvalue weighted by molar-refractivity contribution is 6.62. The Labute approximate surface area is 259 Å². The molecule has 2 aliphatic carbocycles. The molecule has 2 nitrogen and oxygen atoms in total. The zero-order valence-electron chi connectivity index (χ0n) is 25.5. The molecule has 3 aliphatic rings. The van der Waals surface area contributed by atoms with Gasteiger partial charge in [-0.05, 0) is 99.2 Å². The molecule has 0 amide bonds. The van der Waals surface area contributed by atoms with Crippen molar-refractivity contribution in [2.24, 2.45) is 0 Å². The molecule has 1 unspecified atom stereocenters.